The van der Waals surface area contributed by atoms with Crippen molar-refractivity contribution in [2.24, 2.45) is 0 Å². The monoisotopic (exact) mass is 658 g/mol. The van der Waals surface area contributed by atoms with Crippen LogP contribution in [0.5, 0.6) is 11.5 Å². The van der Waals surface area contributed by atoms with E-state index in [4.69, 9.17) is 9.47 Å². The number of methoxy groups -OCH3 is 1. The van der Waals surface area contributed by atoms with E-state index in [0.717, 1.165) is 43.1 Å². The van der Waals surface area contributed by atoms with E-state index >= 15 is 0 Å². The van der Waals surface area contributed by atoms with Gasteiger partial charge in [0.1, 0.15) is 0 Å². The Morgan fingerprint density at radius 2 is 1.74 bits per heavy atom. The molecule has 0 aliphatic carbocycles. The zero-order valence-electron chi connectivity index (χ0n) is 20.8. The Balaban J connectivity index is 1.42. The van der Waals surface area contributed by atoms with Gasteiger partial charge in [0.2, 0.25) is 0 Å². The third kappa shape index (κ3) is 6.48. The Morgan fingerprint density at radius 1 is 1.00 bits per heavy atom. The highest BCUT2D eigenvalue weighted by Crippen LogP contribution is 2.35. The molecular formula is C28H24Br2N2O5S. The van der Waals surface area contributed by atoms with Gasteiger partial charge in [-0.15, -0.1) is 0 Å². The highest BCUT2D eigenvalue weighted by Gasteiger charge is 2.35. The lowest BCUT2D eigenvalue weighted by Gasteiger charge is -2.14. The van der Waals surface area contributed by atoms with Gasteiger partial charge in [-0.05, 0) is 90.3 Å². The lowest BCUT2D eigenvalue weighted by atomic mass is 10.1. The van der Waals surface area contributed by atoms with Gasteiger partial charge in [-0.25, -0.2) is 0 Å². The number of ether oxygens (including phenoxy) is 2. The van der Waals surface area contributed by atoms with Crippen LogP contribution in [0.1, 0.15) is 22.3 Å². The number of benzene rings is 3. The highest BCUT2D eigenvalue weighted by molar-refractivity contribution is 9.10. The van der Waals surface area contributed by atoms with Crippen molar-refractivity contribution >= 4 is 72.4 Å². The first-order valence-electron chi connectivity index (χ1n) is 11.5. The molecule has 7 nitrogen and oxygen atoms in total. The molecule has 1 saturated heterocycles. The zero-order chi connectivity index (χ0) is 27.4. The van der Waals surface area contributed by atoms with Gasteiger partial charge in [-0.2, -0.15) is 0 Å². The number of anilines is 1. The molecule has 1 aliphatic rings. The average Bonchev–Trinajstić information content (AvgIpc) is 3.16. The smallest absolute Gasteiger partial charge is 0.293 e. The molecule has 1 heterocycles. The van der Waals surface area contributed by atoms with Crippen LogP contribution in [-0.2, 0) is 16.1 Å². The van der Waals surface area contributed by atoms with Crippen LogP contribution in [0.15, 0.2) is 68.4 Å². The second kappa shape index (κ2) is 12.2. The average molecular weight is 660 g/mol. The van der Waals surface area contributed by atoms with Gasteiger partial charge in [0, 0.05) is 14.6 Å². The number of thioether (sulfide) groups is 1. The van der Waals surface area contributed by atoms with Crippen molar-refractivity contribution in [3.63, 3.8) is 0 Å². The first kappa shape index (κ1) is 27.9. The number of nitrogens with one attached hydrogen (secondary N) is 1. The van der Waals surface area contributed by atoms with Gasteiger partial charge < -0.3 is 14.8 Å². The van der Waals surface area contributed by atoms with Crippen LogP contribution >= 0.6 is 43.6 Å². The molecule has 1 N–H and O–H groups in total. The maximum Gasteiger partial charge on any atom is 0.293 e. The van der Waals surface area contributed by atoms with Crippen LogP contribution in [0.2, 0.25) is 0 Å². The summed E-state index contributed by atoms with van der Waals surface area (Å²) in [6, 6.07) is 16.3. The van der Waals surface area contributed by atoms with Crippen molar-refractivity contribution < 1.29 is 23.9 Å². The molecule has 0 saturated carbocycles. The van der Waals surface area contributed by atoms with E-state index in [1.807, 2.05) is 50.2 Å². The minimum absolute atomic E-state index is 0.201. The van der Waals surface area contributed by atoms with Crippen LogP contribution in [-0.4, -0.2) is 35.7 Å². The molecule has 3 amide bonds. The van der Waals surface area contributed by atoms with Crippen LogP contribution in [0, 0.1) is 13.8 Å². The SMILES string of the molecule is COc1cc(/C=C2/SC(=O)N(Cc3ccc(Br)cc3)C2=O)ccc1OCC(=O)Nc1ccc(Br)c(C)c1C. The van der Waals surface area contributed by atoms with E-state index in [0.29, 0.717) is 22.0 Å². The van der Waals surface area contributed by atoms with Gasteiger partial charge in [-0.1, -0.05) is 50.1 Å². The summed E-state index contributed by atoms with van der Waals surface area (Å²) in [7, 11) is 1.49. The van der Waals surface area contributed by atoms with Gasteiger partial charge in [-0.3, -0.25) is 19.3 Å². The predicted molar refractivity (Wildman–Crippen MR) is 156 cm³/mol. The van der Waals surface area contributed by atoms with E-state index in [-0.39, 0.29) is 30.2 Å². The van der Waals surface area contributed by atoms with E-state index < -0.39 is 0 Å². The minimum Gasteiger partial charge on any atom is -0.493 e. The number of hydrogen-bond acceptors (Lipinski definition) is 6. The molecule has 4 rings (SSSR count). The molecule has 0 unspecified atom stereocenters. The Morgan fingerprint density at radius 3 is 2.45 bits per heavy atom. The fourth-order valence-electron chi connectivity index (χ4n) is 3.71. The van der Waals surface area contributed by atoms with E-state index in [1.54, 1.807) is 24.3 Å². The minimum atomic E-state index is -0.350. The first-order valence-corrected chi connectivity index (χ1v) is 13.9. The van der Waals surface area contributed by atoms with Gasteiger partial charge in [0.25, 0.3) is 17.1 Å². The van der Waals surface area contributed by atoms with Crippen LogP contribution in [0.4, 0.5) is 10.5 Å². The second-order valence-electron chi connectivity index (χ2n) is 8.49. The number of halogens is 2. The van der Waals surface area contributed by atoms with E-state index in [1.165, 1.54) is 12.0 Å². The summed E-state index contributed by atoms with van der Waals surface area (Å²) in [5, 5.41) is 2.54. The summed E-state index contributed by atoms with van der Waals surface area (Å²) in [5.74, 6) is 0.126. The molecule has 0 spiro atoms. The normalized spacial score (nSPS) is 14.2. The number of carbonyl (C=O) groups is 3. The maximum atomic E-state index is 12.9. The second-order valence-corrected chi connectivity index (χ2v) is 11.2. The van der Waals surface area contributed by atoms with Crippen molar-refractivity contribution in [2.45, 2.75) is 20.4 Å². The molecule has 0 atom stereocenters. The van der Waals surface area contributed by atoms with Crippen molar-refractivity contribution in [1.82, 2.24) is 4.90 Å². The number of amides is 3. The molecule has 1 fully saturated rings. The van der Waals surface area contributed by atoms with Crippen molar-refractivity contribution in [2.75, 3.05) is 19.0 Å². The fourth-order valence-corrected chi connectivity index (χ4v) is 5.24. The number of imide groups is 1. The maximum absolute atomic E-state index is 12.9. The molecule has 1 aliphatic heterocycles. The van der Waals surface area contributed by atoms with Crippen LogP contribution in [0.25, 0.3) is 6.08 Å². The Bertz CT molecular complexity index is 1440. The first-order chi connectivity index (χ1) is 18.2. The van der Waals surface area contributed by atoms with Gasteiger partial charge >= 0.3 is 0 Å². The number of rotatable bonds is 8. The third-order valence-electron chi connectivity index (χ3n) is 5.97. The fraction of sp³-hybridized carbons (Fsp3) is 0.179. The topological polar surface area (TPSA) is 84.9 Å². The Labute approximate surface area is 241 Å². The summed E-state index contributed by atoms with van der Waals surface area (Å²) in [6.45, 7) is 3.90. The van der Waals surface area contributed by atoms with Crippen molar-refractivity contribution in [1.29, 1.82) is 0 Å². The lowest BCUT2D eigenvalue weighted by molar-refractivity contribution is -0.123. The zero-order valence-corrected chi connectivity index (χ0v) is 24.8. The number of hydrogen-bond donors (Lipinski definition) is 1. The largest absolute Gasteiger partial charge is 0.493 e. The highest BCUT2D eigenvalue weighted by atomic mass is 79.9. The molecule has 196 valence electrons. The van der Waals surface area contributed by atoms with Crippen LogP contribution in [0.3, 0.4) is 0 Å². The summed E-state index contributed by atoms with van der Waals surface area (Å²) in [5.41, 5.74) is 4.25. The molecule has 3 aromatic rings. The quantitative estimate of drug-likeness (QED) is 0.260. The standard InChI is InChI=1S/C28H24Br2N2O5S/c1-16-17(2)22(10-9-21(16)30)31-26(33)15-37-23-11-6-19(12-24(23)36-3)13-25-27(34)32(28(35)38-25)14-18-4-7-20(29)8-5-18/h4-13H,14-15H2,1-3H3,(H,31,33)/b25-13+. The summed E-state index contributed by atoms with van der Waals surface area (Å²) in [4.78, 5) is 39.5. The molecule has 10 heteroatoms. The Hall–Kier alpha value is -3.08. The molecular weight excluding hydrogens is 636 g/mol. The lowest BCUT2D eigenvalue weighted by Crippen LogP contribution is -2.27. The molecule has 0 bridgehead atoms. The number of carbonyl (C=O) groups excluding carboxylic acids is 3. The molecule has 0 aromatic heterocycles. The van der Waals surface area contributed by atoms with Crippen molar-refractivity contribution in [3.05, 3.63) is 90.7 Å². The summed E-state index contributed by atoms with van der Waals surface area (Å²) < 4.78 is 13.0. The van der Waals surface area contributed by atoms with Gasteiger partial charge in [0.15, 0.2) is 18.1 Å². The van der Waals surface area contributed by atoms with Gasteiger partial charge in [0.05, 0.1) is 18.6 Å². The molecule has 3 aromatic carbocycles. The van der Waals surface area contributed by atoms with Crippen molar-refractivity contribution in [3.8, 4) is 11.5 Å². The van der Waals surface area contributed by atoms with E-state index in [9.17, 15) is 14.4 Å². The number of nitrogens with zero attached hydrogens (tertiary/aromatic N) is 1. The molecule has 0 radical (unpaired) electrons. The third-order valence-corrected chi connectivity index (χ3v) is 8.26. The van der Waals surface area contributed by atoms with E-state index in [2.05, 4.69) is 37.2 Å². The van der Waals surface area contributed by atoms with Crippen LogP contribution < -0.4 is 14.8 Å². The predicted octanol–water partition coefficient (Wildman–Crippen LogP) is 7.09. The summed E-state index contributed by atoms with van der Waals surface area (Å²) >= 11 is 7.76. The Kier molecular flexibility index (Phi) is 8.96. The molecule has 38 heavy (non-hydrogen) atoms. The summed E-state index contributed by atoms with van der Waals surface area (Å²) in [6.07, 6.45) is 1.64.